The molecule has 87 heavy (non-hydrogen) atoms. The largest absolute Gasteiger partial charge is 0.394 e. The van der Waals surface area contributed by atoms with E-state index in [0.717, 1.165) is 128 Å². The van der Waals surface area contributed by atoms with Gasteiger partial charge in [0.15, 0.2) is 12.6 Å². The number of nitrogens with one attached hydrogen (secondary N) is 1. The first-order valence-electron chi connectivity index (χ1n) is 33.2. The van der Waals surface area contributed by atoms with Crippen LogP contribution in [0.1, 0.15) is 200 Å². The molecule has 492 valence electrons. The maximum atomic E-state index is 13.3. The molecule has 0 bridgehead atoms. The lowest BCUT2D eigenvalue weighted by Gasteiger charge is -2.46. The van der Waals surface area contributed by atoms with Crippen LogP contribution in [0.3, 0.4) is 0 Å². The zero-order valence-corrected chi connectivity index (χ0v) is 53.2. The monoisotopic (exact) mass is 1220 g/mol. The smallest absolute Gasteiger partial charge is 0.220 e. The third kappa shape index (κ3) is 40.1. The van der Waals surface area contributed by atoms with Gasteiger partial charge >= 0.3 is 0 Å². The molecule has 14 nitrogen and oxygen atoms in total. The van der Waals surface area contributed by atoms with Crippen LogP contribution >= 0.6 is 0 Å². The number of amides is 1. The Balaban J connectivity index is 1.64. The van der Waals surface area contributed by atoms with Crippen molar-refractivity contribution >= 4 is 5.91 Å². The summed E-state index contributed by atoms with van der Waals surface area (Å²) in [7, 11) is 0. The van der Waals surface area contributed by atoms with E-state index >= 15 is 0 Å². The lowest BCUT2D eigenvalue weighted by Crippen LogP contribution is -2.65. The van der Waals surface area contributed by atoms with Crippen molar-refractivity contribution in [1.29, 1.82) is 0 Å². The highest BCUT2D eigenvalue weighted by atomic mass is 16.7. The van der Waals surface area contributed by atoms with E-state index in [1.165, 1.54) is 44.9 Å². The Morgan fingerprint density at radius 3 is 1.22 bits per heavy atom. The maximum absolute atomic E-state index is 13.3. The standard InChI is InChI=1S/C73H117NO13/c1-3-5-7-9-11-13-15-17-18-19-20-21-22-23-24-25-26-27-28-29-30-31-32-33-34-35-36-37-38-39-40-41-42-43-44-45-47-49-51-53-55-57-65(78)74-61(62(77)56-54-52-50-48-46-16-14-12-10-8-6-4-2)60-84-72-70(83)68(81)71(64(59-76)86-72)87-73-69(82)67(80)66(79)63(58-75)85-73/h5,7,11,13,17-18,20-21,23-24,26-27,29-30,32-33,35-36,38-39,41-42,44-45,54,56,61-64,66-73,75-77,79-83H,3-4,6,8-10,12,14-16,19,22,25,28,31,34,37,40,43,46-53,55,57-60H2,1-2H3,(H,74,78)/b7-5-,13-11-,18-17-,21-20-,24-23-,27-26-,30-29-,33-32-,36-35-,39-38-,42-41-,45-44-,56-54+. The first kappa shape index (κ1) is 78.7. The van der Waals surface area contributed by atoms with E-state index in [-0.39, 0.29) is 18.9 Å². The number of aliphatic hydroxyl groups excluding tert-OH is 8. The fourth-order valence-corrected chi connectivity index (χ4v) is 9.68. The lowest BCUT2D eigenvalue weighted by atomic mass is 9.97. The topological polar surface area (TPSA) is 228 Å². The van der Waals surface area contributed by atoms with Gasteiger partial charge in [-0.3, -0.25) is 4.79 Å². The first-order valence-corrected chi connectivity index (χ1v) is 33.2. The van der Waals surface area contributed by atoms with E-state index in [9.17, 15) is 45.6 Å². The van der Waals surface area contributed by atoms with Gasteiger partial charge in [0.1, 0.15) is 48.8 Å². The molecule has 0 aromatic heterocycles. The molecule has 0 saturated carbocycles. The van der Waals surface area contributed by atoms with E-state index < -0.39 is 86.8 Å². The highest BCUT2D eigenvalue weighted by Crippen LogP contribution is 2.30. The van der Waals surface area contributed by atoms with Crippen molar-refractivity contribution in [2.45, 2.75) is 274 Å². The molecule has 12 unspecified atom stereocenters. The van der Waals surface area contributed by atoms with Gasteiger partial charge in [0.05, 0.1) is 32.0 Å². The molecular weight excluding hydrogens is 1100 g/mol. The fourth-order valence-electron chi connectivity index (χ4n) is 9.68. The molecule has 2 fully saturated rings. The minimum absolute atomic E-state index is 0.241. The Bertz CT molecular complexity index is 2070. The summed E-state index contributed by atoms with van der Waals surface area (Å²) >= 11 is 0. The number of ether oxygens (including phenoxy) is 4. The molecule has 2 aliphatic heterocycles. The number of carbonyl (C=O) groups excluding carboxylic acids is 1. The van der Waals surface area contributed by atoms with Gasteiger partial charge in [-0.15, -0.1) is 0 Å². The predicted molar refractivity (Wildman–Crippen MR) is 354 cm³/mol. The van der Waals surface area contributed by atoms with Gasteiger partial charge in [-0.25, -0.2) is 0 Å². The minimum Gasteiger partial charge on any atom is -0.394 e. The van der Waals surface area contributed by atoms with Crippen molar-refractivity contribution in [3.8, 4) is 0 Å². The molecular formula is C73H117NO13. The van der Waals surface area contributed by atoms with Crippen molar-refractivity contribution in [3.63, 3.8) is 0 Å². The van der Waals surface area contributed by atoms with Gasteiger partial charge in [-0.1, -0.05) is 242 Å². The Hall–Kier alpha value is -4.39. The summed E-state index contributed by atoms with van der Waals surface area (Å²) in [5, 5.41) is 87.0. The van der Waals surface area contributed by atoms with Crippen LogP contribution in [0.4, 0.5) is 0 Å². The van der Waals surface area contributed by atoms with Crippen molar-refractivity contribution in [2.75, 3.05) is 19.8 Å². The molecule has 0 spiro atoms. The second kappa shape index (κ2) is 55.7. The Kier molecular flexibility index (Phi) is 50.4. The van der Waals surface area contributed by atoms with Crippen molar-refractivity contribution in [3.05, 3.63) is 158 Å². The Morgan fingerprint density at radius 2 is 0.793 bits per heavy atom. The highest BCUT2D eigenvalue weighted by molar-refractivity contribution is 5.76. The van der Waals surface area contributed by atoms with Crippen LogP contribution in [-0.4, -0.2) is 140 Å². The van der Waals surface area contributed by atoms with E-state index in [2.05, 4.69) is 165 Å². The van der Waals surface area contributed by atoms with E-state index in [0.29, 0.717) is 6.42 Å². The molecule has 2 rings (SSSR count). The second-order valence-electron chi connectivity index (χ2n) is 22.5. The third-order valence-corrected chi connectivity index (χ3v) is 15.0. The zero-order chi connectivity index (χ0) is 63.1. The number of carbonyl (C=O) groups is 1. The van der Waals surface area contributed by atoms with Gasteiger partial charge in [0.25, 0.3) is 0 Å². The molecule has 9 N–H and O–H groups in total. The van der Waals surface area contributed by atoms with Crippen molar-refractivity contribution < 1.29 is 64.6 Å². The molecule has 0 radical (unpaired) electrons. The molecule has 12 atom stereocenters. The molecule has 14 heteroatoms. The summed E-state index contributed by atoms with van der Waals surface area (Å²) in [6.45, 7) is 2.63. The maximum Gasteiger partial charge on any atom is 0.220 e. The van der Waals surface area contributed by atoms with Crippen LogP contribution in [0.15, 0.2) is 158 Å². The number of allylic oxidation sites excluding steroid dienone is 25. The Morgan fingerprint density at radius 1 is 0.425 bits per heavy atom. The summed E-state index contributed by atoms with van der Waals surface area (Å²) in [6.07, 6.45) is 68.7. The summed E-state index contributed by atoms with van der Waals surface area (Å²) in [5.74, 6) is -0.272. The van der Waals surface area contributed by atoms with Gasteiger partial charge in [-0.2, -0.15) is 0 Å². The second-order valence-corrected chi connectivity index (χ2v) is 22.5. The predicted octanol–water partition coefficient (Wildman–Crippen LogP) is 13.1. The van der Waals surface area contributed by atoms with Crippen LogP contribution in [0, 0.1) is 0 Å². The molecule has 0 aliphatic carbocycles. The van der Waals surface area contributed by atoms with Crippen LogP contribution in [0.5, 0.6) is 0 Å². The van der Waals surface area contributed by atoms with Gasteiger partial charge in [0.2, 0.25) is 5.91 Å². The number of aliphatic hydroxyl groups is 8. The summed E-state index contributed by atoms with van der Waals surface area (Å²) < 4.78 is 22.7. The number of unbranched alkanes of at least 4 members (excludes halogenated alkanes) is 14. The van der Waals surface area contributed by atoms with Crippen LogP contribution < -0.4 is 5.32 Å². The zero-order valence-electron chi connectivity index (χ0n) is 53.2. The summed E-state index contributed by atoms with van der Waals surface area (Å²) in [5.41, 5.74) is 0. The number of hydrogen-bond acceptors (Lipinski definition) is 13. The molecule has 0 aromatic rings. The van der Waals surface area contributed by atoms with Crippen molar-refractivity contribution in [2.24, 2.45) is 0 Å². The molecule has 2 heterocycles. The molecule has 0 aromatic carbocycles. The third-order valence-electron chi connectivity index (χ3n) is 15.0. The van der Waals surface area contributed by atoms with Crippen LogP contribution in [0.25, 0.3) is 0 Å². The van der Waals surface area contributed by atoms with E-state index in [4.69, 9.17) is 18.9 Å². The average Bonchev–Trinajstić information content (AvgIpc) is 2.31. The lowest BCUT2D eigenvalue weighted by molar-refractivity contribution is -0.359. The number of hydrogen-bond donors (Lipinski definition) is 9. The van der Waals surface area contributed by atoms with Crippen LogP contribution in [-0.2, 0) is 23.7 Å². The average molecular weight is 1220 g/mol. The van der Waals surface area contributed by atoms with E-state index in [1.54, 1.807) is 6.08 Å². The normalized spacial score (nSPS) is 24.3. The molecule has 2 saturated heterocycles. The summed E-state index contributed by atoms with van der Waals surface area (Å²) in [6, 6.07) is -0.939. The van der Waals surface area contributed by atoms with Crippen molar-refractivity contribution in [1.82, 2.24) is 5.32 Å². The minimum atomic E-state index is -1.80. The molecule has 2 aliphatic rings. The summed E-state index contributed by atoms with van der Waals surface area (Å²) in [4.78, 5) is 13.3. The van der Waals surface area contributed by atoms with Gasteiger partial charge in [0, 0.05) is 6.42 Å². The first-order chi connectivity index (χ1) is 42.6. The van der Waals surface area contributed by atoms with Gasteiger partial charge < -0.3 is 65.1 Å². The Labute approximate surface area is 525 Å². The number of rotatable bonds is 51. The SMILES string of the molecule is CC/C=C\C/C=C\C/C=C\C/C=C\C/C=C\C/C=C\C/C=C\C/C=C\C/C=C\C/C=C\C/C=C\C/C=C\CCCCCCC(=O)NC(COC1OC(CO)C(OC2OC(CO)C(O)C(O)C2O)C(O)C1O)C(O)/C=C/CCCCCCCCCCCC. The van der Waals surface area contributed by atoms with Gasteiger partial charge in [-0.05, 0) is 109 Å². The van der Waals surface area contributed by atoms with E-state index in [1.807, 2.05) is 6.08 Å². The fraction of sp³-hybridized carbons (Fsp3) is 0.630. The highest BCUT2D eigenvalue weighted by Gasteiger charge is 2.51. The van der Waals surface area contributed by atoms with Crippen LogP contribution in [0.2, 0.25) is 0 Å². The quantitative estimate of drug-likeness (QED) is 0.0204. The molecule has 1 amide bonds.